The average Bonchev–Trinajstić information content (AvgIpc) is 2.65. The Hall–Kier alpha value is -2.22. The minimum atomic E-state index is 0. The smallest absolute Gasteiger partial charge is 0.191 e. The molecular formula is C19H22IN5. The van der Waals surface area contributed by atoms with Crippen molar-refractivity contribution in [1.82, 2.24) is 20.6 Å². The molecule has 6 heteroatoms. The van der Waals surface area contributed by atoms with E-state index in [0.717, 1.165) is 34.7 Å². The maximum absolute atomic E-state index is 4.69. The van der Waals surface area contributed by atoms with E-state index in [1.165, 1.54) is 0 Å². The molecular weight excluding hydrogens is 425 g/mol. The molecule has 0 aliphatic carbocycles. The summed E-state index contributed by atoms with van der Waals surface area (Å²) in [7, 11) is 0. The SMILES string of the molecule is CCNC(=NCc1ccnc2ccccc12)NCc1ccccn1.I. The van der Waals surface area contributed by atoms with Crippen LogP contribution in [0.1, 0.15) is 18.2 Å². The van der Waals surface area contributed by atoms with Gasteiger partial charge in [-0.3, -0.25) is 9.97 Å². The molecule has 0 saturated heterocycles. The highest BCUT2D eigenvalue weighted by molar-refractivity contribution is 14.0. The first-order valence-electron chi connectivity index (χ1n) is 8.11. The maximum atomic E-state index is 4.69. The van der Waals surface area contributed by atoms with Crippen molar-refractivity contribution in [2.45, 2.75) is 20.0 Å². The van der Waals surface area contributed by atoms with Crippen molar-refractivity contribution < 1.29 is 0 Å². The quantitative estimate of drug-likeness (QED) is 0.357. The summed E-state index contributed by atoms with van der Waals surface area (Å²) in [6.45, 7) is 4.11. The molecule has 0 aliphatic rings. The highest BCUT2D eigenvalue weighted by atomic mass is 127. The predicted molar refractivity (Wildman–Crippen MR) is 113 cm³/mol. The molecule has 3 aromatic rings. The van der Waals surface area contributed by atoms with Crippen molar-refractivity contribution in [3.63, 3.8) is 0 Å². The Labute approximate surface area is 165 Å². The molecule has 2 aromatic heterocycles. The average molecular weight is 447 g/mol. The Morgan fingerprint density at radius 2 is 1.80 bits per heavy atom. The highest BCUT2D eigenvalue weighted by Crippen LogP contribution is 2.16. The van der Waals surface area contributed by atoms with E-state index in [0.29, 0.717) is 13.1 Å². The molecule has 130 valence electrons. The predicted octanol–water partition coefficient (Wildman–Crippen LogP) is 3.50. The molecule has 0 bridgehead atoms. The zero-order valence-electron chi connectivity index (χ0n) is 14.1. The number of aliphatic imine (C=N–C) groups is 1. The number of hydrogen-bond donors (Lipinski definition) is 2. The summed E-state index contributed by atoms with van der Waals surface area (Å²) in [5, 5.41) is 7.73. The van der Waals surface area contributed by atoms with Gasteiger partial charge in [-0.05, 0) is 36.8 Å². The molecule has 0 unspecified atom stereocenters. The van der Waals surface area contributed by atoms with E-state index in [2.05, 4.69) is 38.6 Å². The molecule has 0 atom stereocenters. The van der Waals surface area contributed by atoms with E-state index in [9.17, 15) is 0 Å². The molecule has 5 nitrogen and oxygen atoms in total. The molecule has 0 aliphatic heterocycles. The Bertz CT molecular complexity index is 815. The van der Waals surface area contributed by atoms with Crippen LogP contribution in [-0.2, 0) is 13.1 Å². The van der Waals surface area contributed by atoms with Crippen molar-refractivity contribution in [2.24, 2.45) is 4.99 Å². The van der Waals surface area contributed by atoms with Crippen molar-refractivity contribution >= 4 is 40.8 Å². The number of nitrogens with one attached hydrogen (secondary N) is 2. The number of rotatable bonds is 5. The number of halogens is 1. The summed E-state index contributed by atoms with van der Waals surface area (Å²) in [6, 6.07) is 16.0. The second-order valence-corrected chi connectivity index (χ2v) is 5.36. The summed E-state index contributed by atoms with van der Waals surface area (Å²) in [5.41, 5.74) is 3.14. The number of nitrogens with zero attached hydrogens (tertiary/aromatic N) is 3. The van der Waals surface area contributed by atoms with Crippen molar-refractivity contribution in [3.8, 4) is 0 Å². The fourth-order valence-electron chi connectivity index (χ4n) is 2.48. The monoisotopic (exact) mass is 447 g/mol. The van der Waals surface area contributed by atoms with Crippen LogP contribution < -0.4 is 10.6 Å². The van der Waals surface area contributed by atoms with Gasteiger partial charge in [-0.15, -0.1) is 24.0 Å². The van der Waals surface area contributed by atoms with Crippen molar-refractivity contribution in [2.75, 3.05) is 6.54 Å². The molecule has 25 heavy (non-hydrogen) atoms. The first-order chi connectivity index (χ1) is 11.9. The van der Waals surface area contributed by atoms with Crippen LogP contribution in [0.3, 0.4) is 0 Å². The topological polar surface area (TPSA) is 62.2 Å². The van der Waals surface area contributed by atoms with Crippen LogP contribution in [-0.4, -0.2) is 22.5 Å². The fourth-order valence-corrected chi connectivity index (χ4v) is 2.48. The Balaban J connectivity index is 0.00000225. The maximum Gasteiger partial charge on any atom is 0.191 e. The van der Waals surface area contributed by atoms with Crippen LogP contribution in [0.25, 0.3) is 10.9 Å². The number of pyridine rings is 2. The summed E-state index contributed by atoms with van der Waals surface area (Å²) in [4.78, 5) is 13.4. The third-order valence-electron chi connectivity index (χ3n) is 3.65. The van der Waals surface area contributed by atoms with Gasteiger partial charge in [-0.1, -0.05) is 24.3 Å². The van der Waals surface area contributed by atoms with Gasteiger partial charge in [0.2, 0.25) is 0 Å². The van der Waals surface area contributed by atoms with Gasteiger partial charge >= 0.3 is 0 Å². The minimum Gasteiger partial charge on any atom is -0.357 e. The Morgan fingerprint density at radius 1 is 0.960 bits per heavy atom. The van der Waals surface area contributed by atoms with E-state index in [1.54, 1.807) is 6.20 Å². The summed E-state index contributed by atoms with van der Waals surface area (Å²) >= 11 is 0. The van der Waals surface area contributed by atoms with Gasteiger partial charge in [-0.25, -0.2) is 4.99 Å². The second-order valence-electron chi connectivity index (χ2n) is 5.36. The summed E-state index contributed by atoms with van der Waals surface area (Å²) in [6.07, 6.45) is 3.63. The normalized spacial score (nSPS) is 11.0. The molecule has 2 heterocycles. The second kappa shape index (κ2) is 9.93. The lowest BCUT2D eigenvalue weighted by atomic mass is 10.1. The fraction of sp³-hybridized carbons (Fsp3) is 0.211. The number of aromatic nitrogens is 2. The van der Waals surface area contributed by atoms with Gasteiger partial charge in [0.15, 0.2) is 5.96 Å². The van der Waals surface area contributed by atoms with Gasteiger partial charge in [0.25, 0.3) is 0 Å². The lowest BCUT2D eigenvalue weighted by Gasteiger charge is -2.11. The Morgan fingerprint density at radius 3 is 2.60 bits per heavy atom. The zero-order chi connectivity index (χ0) is 16.6. The molecule has 2 N–H and O–H groups in total. The molecule has 3 rings (SSSR count). The number of fused-ring (bicyclic) bond motifs is 1. The first kappa shape index (κ1) is 19.1. The van der Waals surface area contributed by atoms with E-state index in [-0.39, 0.29) is 24.0 Å². The molecule has 0 radical (unpaired) electrons. The van der Waals surface area contributed by atoms with Gasteiger partial charge in [0.1, 0.15) is 0 Å². The molecule has 0 fully saturated rings. The zero-order valence-corrected chi connectivity index (χ0v) is 16.5. The van der Waals surface area contributed by atoms with Crippen LogP contribution in [0.5, 0.6) is 0 Å². The van der Waals surface area contributed by atoms with Crippen LogP contribution in [0.2, 0.25) is 0 Å². The third-order valence-corrected chi connectivity index (χ3v) is 3.65. The highest BCUT2D eigenvalue weighted by Gasteiger charge is 2.02. The van der Waals surface area contributed by atoms with Gasteiger partial charge in [-0.2, -0.15) is 0 Å². The van der Waals surface area contributed by atoms with Gasteiger partial charge in [0, 0.05) is 24.3 Å². The first-order valence-corrected chi connectivity index (χ1v) is 8.11. The van der Waals surface area contributed by atoms with Gasteiger partial charge in [0.05, 0.1) is 24.3 Å². The molecule has 1 aromatic carbocycles. The molecule has 0 saturated carbocycles. The number of hydrogen-bond acceptors (Lipinski definition) is 3. The number of guanidine groups is 1. The lowest BCUT2D eigenvalue weighted by Crippen LogP contribution is -2.37. The summed E-state index contributed by atoms with van der Waals surface area (Å²) in [5.74, 6) is 0.782. The Kier molecular flexibility index (Phi) is 7.59. The van der Waals surface area contributed by atoms with Crippen LogP contribution in [0.15, 0.2) is 65.9 Å². The van der Waals surface area contributed by atoms with E-state index in [4.69, 9.17) is 0 Å². The van der Waals surface area contributed by atoms with E-state index in [1.807, 2.05) is 48.7 Å². The largest absolute Gasteiger partial charge is 0.357 e. The van der Waals surface area contributed by atoms with Crippen LogP contribution in [0, 0.1) is 0 Å². The van der Waals surface area contributed by atoms with E-state index < -0.39 is 0 Å². The van der Waals surface area contributed by atoms with Crippen molar-refractivity contribution in [3.05, 3.63) is 72.2 Å². The number of benzene rings is 1. The van der Waals surface area contributed by atoms with Crippen LogP contribution >= 0.6 is 24.0 Å². The standard InChI is InChI=1S/C19H21N5.HI/c1-2-20-19(24-14-16-7-5-6-11-21-16)23-13-15-10-12-22-18-9-4-3-8-17(15)18;/h3-12H,2,13-14H2,1H3,(H2,20,23,24);1H. The number of para-hydroxylation sites is 1. The molecule has 0 amide bonds. The van der Waals surface area contributed by atoms with Crippen molar-refractivity contribution in [1.29, 1.82) is 0 Å². The molecule has 0 spiro atoms. The lowest BCUT2D eigenvalue weighted by molar-refractivity contribution is 0.800. The van der Waals surface area contributed by atoms with Crippen LogP contribution in [0.4, 0.5) is 0 Å². The summed E-state index contributed by atoms with van der Waals surface area (Å²) < 4.78 is 0. The van der Waals surface area contributed by atoms with Gasteiger partial charge < -0.3 is 10.6 Å². The minimum absolute atomic E-state index is 0. The third kappa shape index (κ3) is 5.38. The van der Waals surface area contributed by atoms with E-state index >= 15 is 0 Å².